The van der Waals surface area contributed by atoms with Crippen molar-refractivity contribution in [1.29, 1.82) is 0 Å². The van der Waals surface area contributed by atoms with Gasteiger partial charge in [-0.3, -0.25) is 9.80 Å². The number of fused-ring (bicyclic) bond motifs is 2. The number of nitrogens with zero attached hydrogens (tertiary/aromatic N) is 2. The van der Waals surface area contributed by atoms with Crippen LogP contribution < -0.4 is 4.74 Å². The minimum absolute atomic E-state index is 0.208. The fourth-order valence-electron chi connectivity index (χ4n) is 4.12. The lowest BCUT2D eigenvalue weighted by Crippen LogP contribution is -2.47. The van der Waals surface area contributed by atoms with Crippen LogP contribution in [0.15, 0.2) is 42.5 Å². The SMILES string of the molecule is FC(F)(F)c1c[c]cc(OCCN2C[C@@H]3CC2CN3Cc2ccccc2Cl)c1. The standard InChI is InChI=1S/C21H21ClF3N2O/c22-20-7-2-1-4-15(20)12-27-14-17-11-18(27)13-26(17)8-9-28-19-6-3-5-16(10-19)21(23,24)25/h1-2,4-7,10,17-18H,8-9,11-14H2/t17?,18-/m0/s1. The lowest BCUT2D eigenvalue weighted by atomic mass is 10.2. The van der Waals surface area contributed by atoms with Crippen LogP contribution in [0.3, 0.4) is 0 Å². The third-order valence-corrected chi connectivity index (χ3v) is 5.90. The van der Waals surface area contributed by atoms with E-state index in [9.17, 15) is 13.2 Å². The highest BCUT2D eigenvalue weighted by atomic mass is 35.5. The fourth-order valence-corrected chi connectivity index (χ4v) is 4.32. The monoisotopic (exact) mass is 409 g/mol. The van der Waals surface area contributed by atoms with Gasteiger partial charge in [0.2, 0.25) is 0 Å². The van der Waals surface area contributed by atoms with E-state index in [1.165, 1.54) is 6.07 Å². The Labute approximate surface area is 167 Å². The molecular formula is C21H21ClF3N2O. The molecule has 2 atom stereocenters. The van der Waals surface area contributed by atoms with Crippen LogP contribution in [0, 0.1) is 6.07 Å². The maximum atomic E-state index is 12.8. The minimum atomic E-state index is -4.38. The Morgan fingerprint density at radius 2 is 1.86 bits per heavy atom. The molecule has 2 aliphatic heterocycles. The number of alkyl halides is 3. The first-order valence-corrected chi connectivity index (χ1v) is 9.70. The highest BCUT2D eigenvalue weighted by Crippen LogP contribution is 2.33. The molecule has 3 nitrogen and oxygen atoms in total. The molecule has 0 N–H and O–H groups in total. The van der Waals surface area contributed by atoms with Crippen molar-refractivity contribution in [3.05, 3.63) is 64.7 Å². The van der Waals surface area contributed by atoms with Gasteiger partial charge in [0.25, 0.3) is 0 Å². The Morgan fingerprint density at radius 3 is 2.57 bits per heavy atom. The first-order chi connectivity index (χ1) is 13.4. The summed E-state index contributed by atoms with van der Waals surface area (Å²) < 4.78 is 43.8. The molecule has 2 heterocycles. The van der Waals surface area contributed by atoms with Gasteiger partial charge in [-0.2, -0.15) is 13.2 Å². The highest BCUT2D eigenvalue weighted by Gasteiger charge is 2.42. The molecule has 0 saturated carbocycles. The van der Waals surface area contributed by atoms with Crippen molar-refractivity contribution in [2.75, 3.05) is 26.2 Å². The molecule has 0 amide bonds. The molecule has 2 aromatic rings. The Bertz CT molecular complexity index is 829. The average Bonchev–Trinajstić information content (AvgIpc) is 3.23. The lowest BCUT2D eigenvalue weighted by Gasteiger charge is -2.34. The maximum absolute atomic E-state index is 12.8. The smallest absolute Gasteiger partial charge is 0.416 e. The topological polar surface area (TPSA) is 15.7 Å². The molecule has 0 aliphatic carbocycles. The van der Waals surface area contributed by atoms with Crippen molar-refractivity contribution in [2.24, 2.45) is 0 Å². The molecule has 28 heavy (non-hydrogen) atoms. The van der Waals surface area contributed by atoms with Crippen molar-refractivity contribution in [1.82, 2.24) is 9.80 Å². The van der Waals surface area contributed by atoms with Crippen molar-refractivity contribution in [3.63, 3.8) is 0 Å². The summed E-state index contributed by atoms with van der Waals surface area (Å²) in [6.07, 6.45) is -3.27. The maximum Gasteiger partial charge on any atom is 0.416 e. The minimum Gasteiger partial charge on any atom is -0.492 e. The van der Waals surface area contributed by atoms with Crippen LogP contribution in [0.1, 0.15) is 17.5 Å². The molecule has 2 aromatic carbocycles. The van der Waals surface area contributed by atoms with Gasteiger partial charge < -0.3 is 4.74 Å². The summed E-state index contributed by atoms with van der Waals surface area (Å²) in [4.78, 5) is 4.83. The zero-order valence-electron chi connectivity index (χ0n) is 15.3. The molecule has 2 aliphatic rings. The van der Waals surface area contributed by atoms with E-state index >= 15 is 0 Å². The highest BCUT2D eigenvalue weighted by molar-refractivity contribution is 6.31. The predicted octanol–water partition coefficient (Wildman–Crippen LogP) is 4.50. The average molecular weight is 410 g/mol. The zero-order chi connectivity index (χ0) is 19.7. The van der Waals surface area contributed by atoms with Crippen LogP contribution in [0.5, 0.6) is 5.75 Å². The Morgan fingerprint density at radius 1 is 1.11 bits per heavy atom. The molecule has 4 rings (SSSR count). The van der Waals surface area contributed by atoms with Crippen LogP contribution in [0.4, 0.5) is 13.2 Å². The van der Waals surface area contributed by atoms with Crippen molar-refractivity contribution in [3.8, 4) is 5.75 Å². The van der Waals surface area contributed by atoms with Crippen LogP contribution in [-0.2, 0) is 12.7 Å². The van der Waals surface area contributed by atoms with Crippen molar-refractivity contribution >= 4 is 11.6 Å². The summed E-state index contributed by atoms with van der Waals surface area (Å²) in [5, 5.41) is 0.799. The van der Waals surface area contributed by atoms with Gasteiger partial charge >= 0.3 is 6.18 Å². The van der Waals surface area contributed by atoms with Crippen LogP contribution in [0.2, 0.25) is 5.02 Å². The summed E-state index contributed by atoms with van der Waals surface area (Å²) in [6.45, 7) is 3.85. The number of halogens is 4. The Hall–Kier alpha value is -1.76. The summed E-state index contributed by atoms with van der Waals surface area (Å²) in [5.74, 6) is 0.208. The second-order valence-corrected chi connectivity index (χ2v) is 7.77. The number of rotatable bonds is 6. The fraction of sp³-hybridized carbons (Fsp3) is 0.429. The van der Waals surface area contributed by atoms with Gasteiger partial charge in [0.1, 0.15) is 12.4 Å². The number of ether oxygens (including phenoxy) is 1. The summed E-state index contributed by atoms with van der Waals surface area (Å²) in [6, 6.07) is 14.8. The molecule has 2 fully saturated rings. The molecule has 1 radical (unpaired) electrons. The third-order valence-electron chi connectivity index (χ3n) is 5.54. The van der Waals surface area contributed by atoms with E-state index in [2.05, 4.69) is 21.9 Å². The molecule has 1 unspecified atom stereocenters. The molecule has 0 spiro atoms. The van der Waals surface area contributed by atoms with Gasteiger partial charge in [-0.15, -0.1) is 0 Å². The second-order valence-electron chi connectivity index (χ2n) is 7.36. The summed E-state index contributed by atoms with van der Waals surface area (Å²) in [7, 11) is 0. The number of hydrogen-bond acceptors (Lipinski definition) is 3. The van der Waals surface area contributed by atoms with E-state index < -0.39 is 11.7 Å². The van der Waals surface area contributed by atoms with Gasteiger partial charge in [-0.05, 0) is 42.3 Å². The molecule has 0 aromatic heterocycles. The van der Waals surface area contributed by atoms with Gasteiger partial charge in [0, 0.05) is 43.3 Å². The largest absolute Gasteiger partial charge is 0.492 e. The number of benzene rings is 2. The molecule has 149 valence electrons. The predicted molar refractivity (Wildman–Crippen MR) is 101 cm³/mol. The number of likely N-dealkylation sites (tertiary alicyclic amines) is 2. The first kappa shape index (κ1) is 19.6. The van der Waals surface area contributed by atoms with E-state index in [0.717, 1.165) is 48.8 Å². The van der Waals surface area contributed by atoms with Gasteiger partial charge in [0.05, 0.1) is 5.56 Å². The lowest BCUT2D eigenvalue weighted by molar-refractivity contribution is -0.137. The van der Waals surface area contributed by atoms with E-state index in [0.29, 0.717) is 25.2 Å². The van der Waals surface area contributed by atoms with Gasteiger partial charge in [-0.25, -0.2) is 0 Å². The van der Waals surface area contributed by atoms with E-state index in [1.807, 2.05) is 18.2 Å². The van der Waals surface area contributed by atoms with Crippen LogP contribution in [-0.4, -0.2) is 48.1 Å². The van der Waals surface area contributed by atoms with Crippen molar-refractivity contribution < 1.29 is 17.9 Å². The quantitative estimate of drug-likeness (QED) is 0.698. The normalized spacial score (nSPS) is 22.7. The molecule has 2 bridgehead atoms. The van der Waals surface area contributed by atoms with Gasteiger partial charge in [-0.1, -0.05) is 29.8 Å². The van der Waals surface area contributed by atoms with E-state index in [4.69, 9.17) is 16.3 Å². The molecule has 2 saturated heterocycles. The molecule has 7 heteroatoms. The Balaban J connectivity index is 1.26. The second kappa shape index (κ2) is 7.93. The first-order valence-electron chi connectivity index (χ1n) is 9.33. The van der Waals surface area contributed by atoms with E-state index in [-0.39, 0.29) is 5.75 Å². The summed E-state index contributed by atoms with van der Waals surface area (Å²) in [5.41, 5.74) is 0.410. The number of hydrogen-bond donors (Lipinski definition) is 0. The summed E-state index contributed by atoms with van der Waals surface area (Å²) >= 11 is 6.27. The Kier molecular flexibility index (Phi) is 5.54. The van der Waals surface area contributed by atoms with Crippen molar-refractivity contribution in [2.45, 2.75) is 31.2 Å². The van der Waals surface area contributed by atoms with E-state index in [1.54, 1.807) is 0 Å². The zero-order valence-corrected chi connectivity index (χ0v) is 16.0. The van der Waals surface area contributed by atoms with Crippen LogP contribution in [0.25, 0.3) is 0 Å². The van der Waals surface area contributed by atoms with Gasteiger partial charge in [0.15, 0.2) is 0 Å². The number of piperazine rings is 1. The van der Waals surface area contributed by atoms with Crippen LogP contribution >= 0.6 is 11.6 Å². The third kappa shape index (κ3) is 4.29. The molecular weight excluding hydrogens is 389 g/mol.